The van der Waals surface area contributed by atoms with Crippen LogP contribution in [0, 0.1) is 0 Å². The zero-order valence-corrected chi connectivity index (χ0v) is 34.7. The van der Waals surface area contributed by atoms with Crippen LogP contribution in [0.5, 0.6) is 0 Å². The van der Waals surface area contributed by atoms with E-state index in [1.54, 1.807) is 12.1 Å². The molecule has 0 radical (unpaired) electrons. The van der Waals surface area contributed by atoms with Crippen molar-refractivity contribution in [3.63, 3.8) is 0 Å². The second kappa shape index (κ2) is 16.8. The fourth-order valence-corrected chi connectivity index (χ4v) is 8.68. The van der Waals surface area contributed by atoms with Crippen molar-refractivity contribution in [2.24, 2.45) is 0 Å². The van der Waals surface area contributed by atoms with Gasteiger partial charge in [0, 0.05) is 66.0 Å². The molecule has 2 aliphatic rings. The number of nitrogens with zero attached hydrogens (tertiary/aromatic N) is 6. The monoisotopic (exact) mass is 825 g/mol. The molecule has 0 saturated carbocycles. The minimum Gasteiger partial charge on any atom is -0.744 e. The normalized spacial score (nSPS) is 16.7. The number of carbonyl (C=O) groups excluding carboxylic acids is 1. The molecule has 0 unspecified atom stereocenters. The molecule has 304 valence electrons. The van der Waals surface area contributed by atoms with E-state index >= 15 is 0 Å². The molecule has 0 aliphatic carbocycles. The summed E-state index contributed by atoms with van der Waals surface area (Å²) in [5.74, 6) is 0.378. The van der Waals surface area contributed by atoms with Crippen LogP contribution in [0.15, 0.2) is 113 Å². The van der Waals surface area contributed by atoms with Crippen molar-refractivity contribution in [2.75, 3.05) is 18.0 Å². The molecule has 16 heteroatoms. The molecule has 2 N–H and O–H groups in total. The fraction of sp³-hybridized carbons (Fsp3) is 0.333. The summed E-state index contributed by atoms with van der Waals surface area (Å²) in [5.41, 5.74) is 5.69. The van der Waals surface area contributed by atoms with E-state index in [9.17, 15) is 30.7 Å². The van der Waals surface area contributed by atoms with Crippen molar-refractivity contribution in [2.45, 2.75) is 87.5 Å². The Bertz CT molecular complexity index is 2550. The van der Waals surface area contributed by atoms with Crippen LogP contribution in [0.3, 0.4) is 0 Å². The Morgan fingerprint density at radius 2 is 1.55 bits per heavy atom. The van der Waals surface area contributed by atoms with Crippen molar-refractivity contribution in [1.29, 1.82) is 0 Å². The Labute approximate surface area is 339 Å². The first-order chi connectivity index (χ1) is 27.4. The number of nitrogens with one attached hydrogen (secondary N) is 1. The molecule has 3 aromatic carbocycles. The molecule has 0 atom stereocenters. The zero-order chi connectivity index (χ0) is 41.9. The molecule has 3 heterocycles. The van der Waals surface area contributed by atoms with Gasteiger partial charge in [0.1, 0.15) is 16.7 Å². The third-order valence-electron chi connectivity index (χ3n) is 10.8. The lowest BCUT2D eigenvalue weighted by Crippen LogP contribution is -2.28. The molecule has 4 aromatic rings. The second-order valence-electron chi connectivity index (χ2n) is 15.3. The van der Waals surface area contributed by atoms with E-state index in [2.05, 4.69) is 35.2 Å². The van der Waals surface area contributed by atoms with Crippen LogP contribution in [0.4, 0.5) is 11.4 Å². The van der Waals surface area contributed by atoms with Crippen molar-refractivity contribution >= 4 is 43.2 Å². The Morgan fingerprint density at radius 1 is 0.862 bits per heavy atom. The van der Waals surface area contributed by atoms with Crippen molar-refractivity contribution in [3.8, 4) is 11.4 Å². The lowest BCUT2D eigenvalue weighted by molar-refractivity contribution is -0.438. The minimum absolute atomic E-state index is 0.0467. The third kappa shape index (κ3) is 8.99. The van der Waals surface area contributed by atoms with Gasteiger partial charge in [-0.1, -0.05) is 56.3 Å². The summed E-state index contributed by atoms with van der Waals surface area (Å²) in [6.07, 6.45) is 13.6. The summed E-state index contributed by atoms with van der Waals surface area (Å²) in [6.45, 7) is 11.7. The first kappa shape index (κ1) is 42.2. The van der Waals surface area contributed by atoms with Gasteiger partial charge in [0.15, 0.2) is 12.0 Å². The number of aromatic nitrogens is 4. The number of likely N-dealkylation sites (N-methyl/N-ethyl adjacent to an activating group) is 1. The third-order valence-corrected chi connectivity index (χ3v) is 12.4. The molecule has 0 bridgehead atoms. The van der Waals surface area contributed by atoms with Gasteiger partial charge in [0.05, 0.1) is 15.2 Å². The standard InChI is InChI=1S/C42H47N7O7S2/c1-6-48-35-22-20-31(57(51,52)53)25-33(35)41(2,3)37(48)13-9-7-10-14-38-42(4,5)34-26-32(58(54,55)56)21-23-36(34)49(38)24-12-8-11-15-39(50)43-27-29-16-18-30(19-17-29)40-46-44-28-45-47-40/h7,9-10,13-14,16-23,25-26,28H,6,8,11-12,15,24,27H2,1-5H3,(H2-,43,50,51,52,53,54,55,56). The average molecular weight is 826 g/mol. The number of unbranched alkanes of at least 4 members (excludes halogenated alkanes) is 2. The van der Waals surface area contributed by atoms with E-state index in [1.165, 1.54) is 30.6 Å². The first-order valence-electron chi connectivity index (χ1n) is 19.0. The predicted octanol–water partition coefficient (Wildman–Crippen LogP) is 6.15. The largest absolute Gasteiger partial charge is 0.744 e. The molecule has 0 spiro atoms. The van der Waals surface area contributed by atoms with Gasteiger partial charge in [-0.15, -0.1) is 20.4 Å². The molecular formula is C42H47N7O7S2. The molecule has 1 amide bonds. The molecule has 0 fully saturated rings. The highest BCUT2D eigenvalue weighted by Gasteiger charge is 2.44. The highest BCUT2D eigenvalue weighted by molar-refractivity contribution is 7.86. The number of hydrogen-bond donors (Lipinski definition) is 2. The maximum Gasteiger partial charge on any atom is 0.294 e. The van der Waals surface area contributed by atoms with Gasteiger partial charge in [-0.05, 0) is 81.1 Å². The van der Waals surface area contributed by atoms with Gasteiger partial charge >= 0.3 is 0 Å². The van der Waals surface area contributed by atoms with E-state index in [4.69, 9.17) is 0 Å². The number of rotatable bonds is 15. The Balaban J connectivity index is 1.13. The van der Waals surface area contributed by atoms with E-state index < -0.39 is 31.1 Å². The van der Waals surface area contributed by atoms with E-state index in [0.717, 1.165) is 57.9 Å². The van der Waals surface area contributed by atoms with Gasteiger partial charge in [-0.25, -0.2) is 8.42 Å². The first-order valence-corrected chi connectivity index (χ1v) is 21.8. The summed E-state index contributed by atoms with van der Waals surface area (Å²) in [7, 11) is -9.02. The lowest BCUT2D eigenvalue weighted by Gasteiger charge is -2.25. The van der Waals surface area contributed by atoms with Crippen molar-refractivity contribution < 1.29 is 35.3 Å². The van der Waals surface area contributed by atoms with Gasteiger partial charge < -0.3 is 14.8 Å². The van der Waals surface area contributed by atoms with Crippen LogP contribution in [0.25, 0.3) is 11.4 Å². The van der Waals surface area contributed by atoms with Gasteiger partial charge in [-0.2, -0.15) is 13.0 Å². The topological polar surface area (TPSA) is 198 Å². The summed E-state index contributed by atoms with van der Waals surface area (Å²) in [4.78, 5) is 14.4. The average Bonchev–Trinajstić information content (AvgIpc) is 3.53. The molecule has 2 aliphatic heterocycles. The smallest absolute Gasteiger partial charge is 0.294 e. The van der Waals surface area contributed by atoms with Crippen LogP contribution < -0.4 is 10.2 Å². The number of anilines is 1. The minimum atomic E-state index is -4.66. The zero-order valence-electron chi connectivity index (χ0n) is 33.1. The fourth-order valence-electron chi connectivity index (χ4n) is 7.68. The van der Waals surface area contributed by atoms with Crippen LogP contribution >= 0.6 is 0 Å². The maximum atomic E-state index is 12.7. The number of hydrogen-bond acceptors (Lipinski definition) is 11. The Morgan fingerprint density at radius 3 is 2.22 bits per heavy atom. The highest BCUT2D eigenvalue weighted by Crippen LogP contribution is 2.48. The van der Waals surface area contributed by atoms with Crippen LogP contribution in [0.1, 0.15) is 77.0 Å². The summed E-state index contributed by atoms with van der Waals surface area (Å²) in [5, 5.41) is 18.4. The molecular weight excluding hydrogens is 779 g/mol. The van der Waals surface area contributed by atoms with Crippen molar-refractivity contribution in [3.05, 3.63) is 120 Å². The summed E-state index contributed by atoms with van der Waals surface area (Å²) >= 11 is 0. The van der Waals surface area contributed by atoms with Gasteiger partial charge in [0.25, 0.3) is 10.1 Å². The quantitative estimate of drug-likeness (QED) is 0.0601. The number of amides is 1. The van der Waals surface area contributed by atoms with Crippen LogP contribution in [-0.2, 0) is 42.4 Å². The molecule has 6 rings (SSSR count). The van der Waals surface area contributed by atoms with Gasteiger partial charge in [0.2, 0.25) is 17.4 Å². The molecule has 1 aromatic heterocycles. The number of carbonyl (C=O) groups is 1. The predicted molar refractivity (Wildman–Crippen MR) is 219 cm³/mol. The Hall–Kier alpha value is -5.42. The second-order valence-corrected chi connectivity index (χ2v) is 18.1. The highest BCUT2D eigenvalue weighted by atomic mass is 32.2. The Kier molecular flexibility index (Phi) is 12.2. The van der Waals surface area contributed by atoms with E-state index in [0.29, 0.717) is 38.3 Å². The van der Waals surface area contributed by atoms with Gasteiger partial charge in [-0.3, -0.25) is 9.35 Å². The van der Waals surface area contributed by atoms with Crippen LogP contribution in [0.2, 0.25) is 0 Å². The van der Waals surface area contributed by atoms with Crippen LogP contribution in [-0.4, -0.2) is 75.6 Å². The molecule has 58 heavy (non-hydrogen) atoms. The van der Waals surface area contributed by atoms with E-state index in [-0.39, 0.29) is 15.7 Å². The molecule has 0 saturated heterocycles. The molecule has 14 nitrogen and oxygen atoms in total. The van der Waals surface area contributed by atoms with E-state index in [1.807, 2.05) is 89.3 Å². The maximum absolute atomic E-state index is 12.7. The SMILES string of the molecule is CCN1\C(=C/C=C/C=C/C2=[N+](CCCCCC(=O)NCc3ccc(-c4nncnn4)cc3)c3ccc(S(=O)(=O)[O-])cc3C2(C)C)C(C)(C)c2cc(S(=O)(=O)O)ccc21. The lowest BCUT2D eigenvalue weighted by atomic mass is 9.81. The van der Waals surface area contributed by atoms with Crippen molar-refractivity contribution in [1.82, 2.24) is 25.7 Å². The summed E-state index contributed by atoms with van der Waals surface area (Å²) < 4.78 is 71.6. The number of benzene rings is 3. The summed E-state index contributed by atoms with van der Waals surface area (Å²) in [6, 6.07) is 16.7. The number of fused-ring (bicyclic) bond motifs is 2. The number of allylic oxidation sites excluding steroid dienone is 6.